The molecule has 2 atom stereocenters. The average Bonchev–Trinajstić information content (AvgIpc) is 3.44. The number of carbonyl (C=O) groups is 4. The maximum Gasteiger partial charge on any atom is 0.408 e. The third kappa shape index (κ3) is 7.06. The van der Waals surface area contributed by atoms with Crippen LogP contribution in [0, 0.1) is 0 Å². The molecule has 2 aromatic carbocycles. The quantitative estimate of drug-likeness (QED) is 0.353. The number of alkyl carbamates (subject to hydrolysis) is 1. The molecule has 0 bridgehead atoms. The fraction of sp³-hybridized carbons (Fsp3) is 0.333. The Balaban J connectivity index is 1.36. The van der Waals surface area contributed by atoms with Crippen LogP contribution < -0.4 is 21.1 Å². The van der Waals surface area contributed by atoms with Crippen molar-refractivity contribution in [2.75, 3.05) is 11.4 Å². The fourth-order valence-electron chi connectivity index (χ4n) is 4.17. The van der Waals surface area contributed by atoms with Crippen LogP contribution in [0.4, 0.5) is 15.3 Å². The predicted molar refractivity (Wildman–Crippen MR) is 147 cm³/mol. The number of H-pyrrole nitrogens is 1. The molecule has 10 nitrogen and oxygen atoms in total. The summed E-state index contributed by atoms with van der Waals surface area (Å²) in [6.07, 6.45) is 1.42. The molecular weight excluding hydrogens is 506 g/mol. The van der Waals surface area contributed by atoms with Crippen LogP contribution in [-0.4, -0.2) is 51.6 Å². The SMILES string of the molecule is CC(C)(C)OC(=O)N[C@H](Cc1c[nH]c2ccccc12)C(=O)NNC(=O)SC1CC(=O)N(c2ccccc2)C1. The molecule has 1 saturated heterocycles. The summed E-state index contributed by atoms with van der Waals surface area (Å²) in [7, 11) is 0. The van der Waals surface area contributed by atoms with E-state index in [1.807, 2.05) is 54.6 Å². The van der Waals surface area contributed by atoms with Crippen molar-refractivity contribution >= 4 is 51.5 Å². The van der Waals surface area contributed by atoms with E-state index in [1.165, 1.54) is 0 Å². The zero-order chi connectivity index (χ0) is 27.3. The number of para-hydroxylation sites is 2. The first-order valence-corrected chi connectivity index (χ1v) is 13.1. The number of benzene rings is 2. The Bertz CT molecular complexity index is 1320. The summed E-state index contributed by atoms with van der Waals surface area (Å²) in [5, 5.41) is 2.76. The third-order valence-corrected chi connectivity index (χ3v) is 6.79. The van der Waals surface area contributed by atoms with Gasteiger partial charge in [0.25, 0.3) is 11.1 Å². The zero-order valence-corrected chi connectivity index (χ0v) is 22.3. The second kappa shape index (κ2) is 11.6. The molecule has 4 rings (SSSR count). The first kappa shape index (κ1) is 27.1. The Morgan fingerprint density at radius 2 is 1.79 bits per heavy atom. The van der Waals surface area contributed by atoms with Crippen molar-refractivity contribution in [2.45, 2.75) is 50.5 Å². The van der Waals surface area contributed by atoms with Gasteiger partial charge in [0, 0.05) is 47.4 Å². The third-order valence-electron chi connectivity index (χ3n) is 5.83. The molecule has 38 heavy (non-hydrogen) atoms. The number of rotatable bonds is 6. The van der Waals surface area contributed by atoms with Gasteiger partial charge in [0.1, 0.15) is 11.6 Å². The first-order valence-electron chi connectivity index (χ1n) is 12.3. The van der Waals surface area contributed by atoms with E-state index >= 15 is 0 Å². The summed E-state index contributed by atoms with van der Waals surface area (Å²) in [6, 6.07) is 15.9. The number of aromatic amines is 1. The second-order valence-electron chi connectivity index (χ2n) is 9.95. The molecule has 0 saturated carbocycles. The Hall–Kier alpha value is -3.99. The van der Waals surface area contributed by atoms with Gasteiger partial charge in [-0.15, -0.1) is 0 Å². The number of hydrogen-bond donors (Lipinski definition) is 4. The predicted octanol–water partition coefficient (Wildman–Crippen LogP) is 3.88. The molecule has 1 aromatic heterocycles. The summed E-state index contributed by atoms with van der Waals surface area (Å²) >= 11 is 0.948. The van der Waals surface area contributed by atoms with Crippen LogP contribution in [0.1, 0.15) is 32.8 Å². The Morgan fingerprint density at radius 3 is 2.53 bits per heavy atom. The molecule has 0 aliphatic carbocycles. The topological polar surface area (TPSA) is 133 Å². The first-order chi connectivity index (χ1) is 18.1. The maximum atomic E-state index is 13.1. The second-order valence-corrected chi connectivity index (χ2v) is 11.2. The lowest BCUT2D eigenvalue weighted by atomic mass is 10.0. The van der Waals surface area contributed by atoms with E-state index in [4.69, 9.17) is 4.74 Å². The number of aromatic nitrogens is 1. The molecule has 1 aliphatic heterocycles. The minimum Gasteiger partial charge on any atom is -0.444 e. The highest BCUT2D eigenvalue weighted by molar-refractivity contribution is 8.14. The van der Waals surface area contributed by atoms with Gasteiger partial charge in [-0.05, 0) is 44.5 Å². The van der Waals surface area contributed by atoms with Gasteiger partial charge in [-0.25, -0.2) is 4.79 Å². The summed E-state index contributed by atoms with van der Waals surface area (Å²) in [6.45, 7) is 5.57. The Kier molecular flexibility index (Phi) is 8.26. The van der Waals surface area contributed by atoms with Gasteiger partial charge < -0.3 is 19.9 Å². The molecule has 2 heterocycles. The van der Waals surface area contributed by atoms with Gasteiger partial charge in [0.05, 0.1) is 0 Å². The van der Waals surface area contributed by atoms with Gasteiger partial charge in [-0.2, -0.15) is 0 Å². The van der Waals surface area contributed by atoms with Crippen molar-refractivity contribution < 1.29 is 23.9 Å². The highest BCUT2D eigenvalue weighted by atomic mass is 32.2. The number of nitrogens with one attached hydrogen (secondary N) is 4. The van der Waals surface area contributed by atoms with Gasteiger partial charge >= 0.3 is 6.09 Å². The molecule has 1 aliphatic rings. The van der Waals surface area contributed by atoms with Crippen LogP contribution in [0.15, 0.2) is 60.8 Å². The lowest BCUT2D eigenvalue weighted by Gasteiger charge is -2.23. The highest BCUT2D eigenvalue weighted by Gasteiger charge is 2.33. The summed E-state index contributed by atoms with van der Waals surface area (Å²) in [5.41, 5.74) is 6.55. The monoisotopic (exact) mass is 537 g/mol. The van der Waals surface area contributed by atoms with Crippen molar-refractivity contribution in [3.8, 4) is 0 Å². The molecular formula is C27H31N5O5S. The molecule has 3 aromatic rings. The molecule has 0 spiro atoms. The van der Waals surface area contributed by atoms with Gasteiger partial charge in [0.15, 0.2) is 0 Å². The van der Waals surface area contributed by atoms with E-state index < -0.39 is 28.9 Å². The molecule has 4 amide bonds. The average molecular weight is 538 g/mol. The molecule has 4 N–H and O–H groups in total. The standard InChI is InChI=1S/C27H31N5O5S/c1-27(2,3)37-25(35)29-22(13-17-15-28-21-12-8-7-11-20(17)21)24(34)30-31-26(36)38-19-14-23(33)32(16-19)18-9-5-4-6-10-18/h4-12,15,19,22,28H,13-14,16H2,1-3H3,(H,29,35)(H,30,34)(H,31,36)/t19?,22-/m1/s1. The van der Waals surface area contributed by atoms with Crippen molar-refractivity contribution in [1.29, 1.82) is 0 Å². The van der Waals surface area contributed by atoms with Crippen LogP contribution >= 0.6 is 11.8 Å². The van der Waals surface area contributed by atoms with Gasteiger partial charge in [-0.3, -0.25) is 25.2 Å². The van der Waals surface area contributed by atoms with Crippen LogP contribution in [0.2, 0.25) is 0 Å². The smallest absolute Gasteiger partial charge is 0.408 e. The van der Waals surface area contributed by atoms with E-state index in [0.717, 1.165) is 33.9 Å². The van der Waals surface area contributed by atoms with Crippen molar-refractivity contribution in [3.63, 3.8) is 0 Å². The lowest BCUT2D eigenvalue weighted by molar-refractivity contribution is -0.123. The van der Waals surface area contributed by atoms with Crippen LogP contribution in [0.3, 0.4) is 0 Å². The normalized spacial score (nSPS) is 16.2. The number of fused-ring (bicyclic) bond motifs is 1. The number of hydrazine groups is 1. The fourth-order valence-corrected chi connectivity index (χ4v) is 5.03. The number of carbonyl (C=O) groups excluding carboxylic acids is 4. The summed E-state index contributed by atoms with van der Waals surface area (Å²) in [4.78, 5) is 55.3. The maximum absolute atomic E-state index is 13.1. The summed E-state index contributed by atoms with van der Waals surface area (Å²) < 4.78 is 5.33. The minimum atomic E-state index is -1.02. The van der Waals surface area contributed by atoms with E-state index in [2.05, 4.69) is 21.2 Å². The lowest BCUT2D eigenvalue weighted by Crippen LogP contribution is -2.53. The van der Waals surface area contributed by atoms with Gasteiger partial charge in [-0.1, -0.05) is 48.2 Å². The number of thioether (sulfide) groups is 1. The number of ether oxygens (including phenoxy) is 1. The van der Waals surface area contributed by atoms with Crippen LogP contribution in [0.5, 0.6) is 0 Å². The van der Waals surface area contributed by atoms with E-state index in [9.17, 15) is 19.2 Å². The minimum absolute atomic E-state index is 0.0640. The van der Waals surface area contributed by atoms with Crippen molar-refractivity contribution in [3.05, 3.63) is 66.4 Å². The van der Waals surface area contributed by atoms with Crippen molar-refractivity contribution in [1.82, 2.24) is 21.2 Å². The largest absolute Gasteiger partial charge is 0.444 e. The Morgan fingerprint density at radius 1 is 1.08 bits per heavy atom. The van der Waals surface area contributed by atoms with E-state index in [-0.39, 0.29) is 24.0 Å². The molecule has 1 fully saturated rings. The molecule has 200 valence electrons. The molecule has 1 unspecified atom stereocenters. The van der Waals surface area contributed by atoms with Gasteiger partial charge in [0.2, 0.25) is 5.91 Å². The number of anilines is 1. The molecule has 0 radical (unpaired) electrons. The zero-order valence-electron chi connectivity index (χ0n) is 21.4. The highest BCUT2D eigenvalue weighted by Crippen LogP contribution is 2.28. The van der Waals surface area contributed by atoms with E-state index in [1.54, 1.807) is 31.9 Å². The number of hydrogen-bond acceptors (Lipinski definition) is 6. The summed E-state index contributed by atoms with van der Waals surface area (Å²) in [5.74, 6) is -0.672. The van der Waals surface area contributed by atoms with E-state index in [0.29, 0.717) is 6.54 Å². The van der Waals surface area contributed by atoms with Crippen LogP contribution in [0.25, 0.3) is 10.9 Å². The number of nitrogens with zero attached hydrogens (tertiary/aromatic N) is 1. The molecule has 11 heteroatoms. The van der Waals surface area contributed by atoms with Crippen molar-refractivity contribution in [2.24, 2.45) is 0 Å². The Labute approximate surface area is 224 Å². The van der Waals surface area contributed by atoms with Crippen LogP contribution in [-0.2, 0) is 20.7 Å². The number of amides is 4.